The zero-order chi connectivity index (χ0) is 21.7. The molecule has 1 fully saturated rings. The molecule has 1 heterocycles. The van der Waals surface area contributed by atoms with Gasteiger partial charge in [-0.2, -0.15) is 0 Å². The number of nitrogens with zero attached hydrogens (tertiary/aromatic N) is 1. The Morgan fingerprint density at radius 3 is 2.57 bits per heavy atom. The minimum absolute atomic E-state index is 0.0381. The van der Waals surface area contributed by atoms with Gasteiger partial charge in [0, 0.05) is 24.2 Å². The molecule has 0 aliphatic carbocycles. The van der Waals surface area contributed by atoms with Crippen molar-refractivity contribution in [2.45, 2.75) is 6.42 Å². The van der Waals surface area contributed by atoms with Gasteiger partial charge in [-0.25, -0.2) is 0 Å². The summed E-state index contributed by atoms with van der Waals surface area (Å²) in [4.78, 5) is 38.0. The van der Waals surface area contributed by atoms with Gasteiger partial charge in [0.1, 0.15) is 10.7 Å². The lowest BCUT2D eigenvalue weighted by molar-refractivity contribution is -0.254. The number of carbonyl (C=O) groups excluding carboxylic acids is 3. The highest BCUT2D eigenvalue weighted by Crippen LogP contribution is 2.33. The van der Waals surface area contributed by atoms with Crippen LogP contribution in [0.1, 0.15) is 22.3 Å². The first-order valence-corrected chi connectivity index (χ1v) is 10.1. The predicted molar refractivity (Wildman–Crippen MR) is 117 cm³/mol. The lowest BCUT2D eigenvalue weighted by Crippen LogP contribution is -2.31. The third-order valence-electron chi connectivity index (χ3n) is 4.27. The molecule has 3 rings (SSSR count). The van der Waals surface area contributed by atoms with Crippen LogP contribution in [-0.4, -0.2) is 40.7 Å². The summed E-state index contributed by atoms with van der Waals surface area (Å²) in [6.45, 7) is 0.0872. The van der Waals surface area contributed by atoms with Crippen molar-refractivity contribution in [2.24, 2.45) is 0 Å². The van der Waals surface area contributed by atoms with E-state index in [1.807, 2.05) is 24.3 Å². The third-order valence-corrected chi connectivity index (χ3v) is 5.77. The Morgan fingerprint density at radius 2 is 1.90 bits per heavy atom. The maximum absolute atomic E-state index is 12.3. The first-order valence-electron chi connectivity index (χ1n) is 8.88. The molecule has 1 N–H and O–H groups in total. The molecule has 7 nitrogen and oxygen atoms in total. The summed E-state index contributed by atoms with van der Waals surface area (Å²) in [6.07, 6.45) is 1.77. The number of hydrogen-bond acceptors (Lipinski definition) is 7. The van der Waals surface area contributed by atoms with Crippen LogP contribution in [0.25, 0.3) is 6.08 Å². The number of rotatable bonds is 7. The third kappa shape index (κ3) is 5.05. The fourth-order valence-electron chi connectivity index (χ4n) is 2.74. The molecule has 1 saturated heterocycles. The average molecular weight is 442 g/mol. The monoisotopic (exact) mass is 441 g/mol. The molecular formula is C21H17N2O5S2-. The van der Waals surface area contributed by atoms with E-state index in [4.69, 9.17) is 17.0 Å². The summed E-state index contributed by atoms with van der Waals surface area (Å²) >= 11 is 6.40. The zero-order valence-electron chi connectivity index (χ0n) is 15.9. The van der Waals surface area contributed by atoms with Crippen LogP contribution in [0, 0.1) is 0 Å². The van der Waals surface area contributed by atoms with Crippen molar-refractivity contribution in [3.63, 3.8) is 0 Å². The molecule has 0 unspecified atom stereocenters. The lowest BCUT2D eigenvalue weighted by Gasteiger charge is -2.15. The summed E-state index contributed by atoms with van der Waals surface area (Å²) in [6, 6.07) is 13.3. The molecule has 0 saturated carbocycles. The summed E-state index contributed by atoms with van der Waals surface area (Å²) in [7, 11) is 1.58. The number of hydrogen-bond donors (Lipinski definition) is 1. The Morgan fingerprint density at radius 1 is 1.20 bits per heavy atom. The lowest BCUT2D eigenvalue weighted by atomic mass is 10.1. The van der Waals surface area contributed by atoms with Gasteiger partial charge in [0.25, 0.3) is 5.24 Å². The first-order chi connectivity index (χ1) is 14.4. The molecule has 1 aliphatic heterocycles. The van der Waals surface area contributed by atoms with E-state index in [0.717, 1.165) is 23.1 Å². The minimum Gasteiger partial charge on any atom is -0.545 e. The Balaban J connectivity index is 1.62. The first kappa shape index (κ1) is 21.5. The number of thioether (sulfide) groups is 1. The summed E-state index contributed by atoms with van der Waals surface area (Å²) in [5.74, 6) is -1.09. The van der Waals surface area contributed by atoms with Gasteiger partial charge in [-0.3, -0.25) is 14.5 Å². The van der Waals surface area contributed by atoms with E-state index in [0.29, 0.717) is 9.89 Å². The second kappa shape index (κ2) is 9.55. The highest BCUT2D eigenvalue weighted by atomic mass is 32.2. The molecule has 9 heteroatoms. The van der Waals surface area contributed by atoms with Crippen LogP contribution in [0.15, 0.2) is 53.4 Å². The van der Waals surface area contributed by atoms with Gasteiger partial charge >= 0.3 is 0 Å². The number of para-hydroxylation sites is 1. The molecule has 154 valence electrons. The molecule has 2 aromatic rings. The van der Waals surface area contributed by atoms with E-state index in [1.165, 1.54) is 23.1 Å². The standard InChI is InChI=1S/C21H18N2O5S2/c1-28-14-8-6-13(7-9-14)12-17-19(29)23(21(27)30-17)11-10-18(24)22-16-5-3-2-4-15(16)20(25)26/h2-9,12H,10-11H2,1H3,(H,22,24)(H,25,26)/p-1/b17-12+. The largest absolute Gasteiger partial charge is 0.545 e. The van der Waals surface area contributed by atoms with Crippen LogP contribution in [0.4, 0.5) is 10.5 Å². The smallest absolute Gasteiger partial charge is 0.291 e. The Bertz CT molecular complexity index is 1030. The second-order valence-corrected chi connectivity index (χ2v) is 7.62. The average Bonchev–Trinajstić information content (AvgIpc) is 2.99. The maximum Gasteiger partial charge on any atom is 0.291 e. The van der Waals surface area contributed by atoms with E-state index in [-0.39, 0.29) is 29.5 Å². The number of thiocarbonyl (C=S) groups is 1. The van der Waals surface area contributed by atoms with E-state index in [1.54, 1.807) is 19.3 Å². The molecule has 1 aliphatic rings. The maximum atomic E-state index is 12.3. The van der Waals surface area contributed by atoms with Crippen LogP contribution in [-0.2, 0) is 4.79 Å². The second-order valence-electron chi connectivity index (χ2n) is 6.24. The van der Waals surface area contributed by atoms with E-state index < -0.39 is 11.9 Å². The van der Waals surface area contributed by atoms with Crippen LogP contribution in [0.2, 0.25) is 0 Å². The summed E-state index contributed by atoms with van der Waals surface area (Å²) in [5.41, 5.74) is 0.901. The van der Waals surface area contributed by atoms with Gasteiger partial charge in [-0.15, -0.1) is 0 Å². The fraction of sp³-hybridized carbons (Fsp3) is 0.143. The number of anilines is 1. The molecule has 30 heavy (non-hydrogen) atoms. The van der Waals surface area contributed by atoms with Gasteiger partial charge in [-0.1, -0.05) is 42.5 Å². The molecule has 0 atom stereocenters. The number of ether oxygens (including phenoxy) is 1. The number of carboxylic acids is 1. The van der Waals surface area contributed by atoms with E-state index in [2.05, 4.69) is 5.32 Å². The van der Waals surface area contributed by atoms with Crippen molar-refractivity contribution in [2.75, 3.05) is 19.0 Å². The molecule has 0 radical (unpaired) electrons. The summed E-state index contributed by atoms with van der Waals surface area (Å²) < 4.78 is 5.12. The normalized spacial score (nSPS) is 14.8. The van der Waals surface area contributed by atoms with Crippen molar-refractivity contribution in [1.82, 2.24) is 4.90 Å². The van der Waals surface area contributed by atoms with E-state index >= 15 is 0 Å². The van der Waals surface area contributed by atoms with Gasteiger partial charge in [0.05, 0.1) is 18.0 Å². The van der Waals surface area contributed by atoms with Crippen LogP contribution in [0.5, 0.6) is 5.75 Å². The van der Waals surface area contributed by atoms with Gasteiger partial charge < -0.3 is 20.0 Å². The van der Waals surface area contributed by atoms with Crippen molar-refractivity contribution < 1.29 is 24.2 Å². The van der Waals surface area contributed by atoms with Crippen molar-refractivity contribution in [1.29, 1.82) is 0 Å². The van der Waals surface area contributed by atoms with Crippen LogP contribution < -0.4 is 15.2 Å². The SMILES string of the molecule is COc1ccc(/C=C2/SC(=O)N(CCC(=O)Nc3ccccc3C(=O)[O-])C2=S)cc1. The van der Waals surface area contributed by atoms with Crippen molar-refractivity contribution >= 4 is 57.8 Å². The summed E-state index contributed by atoms with van der Waals surface area (Å²) in [5, 5.41) is 13.4. The zero-order valence-corrected chi connectivity index (χ0v) is 17.5. The number of amides is 2. The highest BCUT2D eigenvalue weighted by Gasteiger charge is 2.31. The fourth-order valence-corrected chi connectivity index (χ4v) is 4.03. The number of carboxylic acid groups (broad SMARTS) is 1. The number of aromatic carboxylic acids is 1. The Kier molecular flexibility index (Phi) is 6.86. The van der Waals surface area contributed by atoms with Crippen molar-refractivity contribution in [3.05, 3.63) is 64.6 Å². The number of carbonyl (C=O) groups is 3. The molecule has 0 bridgehead atoms. The molecule has 0 aromatic heterocycles. The van der Waals surface area contributed by atoms with E-state index in [9.17, 15) is 19.5 Å². The molecule has 2 aromatic carbocycles. The molecule has 2 amide bonds. The number of benzene rings is 2. The van der Waals surface area contributed by atoms with Crippen LogP contribution in [0.3, 0.4) is 0 Å². The highest BCUT2D eigenvalue weighted by molar-refractivity contribution is 8.19. The molecular weight excluding hydrogens is 424 g/mol. The Hall–Kier alpha value is -3.17. The predicted octanol–water partition coefficient (Wildman–Crippen LogP) is 2.92. The number of nitrogens with one attached hydrogen (secondary N) is 1. The topological polar surface area (TPSA) is 98.8 Å². The minimum atomic E-state index is -1.38. The van der Waals surface area contributed by atoms with Gasteiger partial charge in [0.15, 0.2) is 0 Å². The van der Waals surface area contributed by atoms with Gasteiger partial charge in [-0.05, 0) is 41.6 Å². The number of methoxy groups -OCH3 is 1. The molecule has 0 spiro atoms. The van der Waals surface area contributed by atoms with Crippen LogP contribution >= 0.6 is 24.0 Å². The van der Waals surface area contributed by atoms with Crippen molar-refractivity contribution in [3.8, 4) is 5.75 Å². The van der Waals surface area contributed by atoms with Gasteiger partial charge in [0.2, 0.25) is 5.91 Å². The quantitative estimate of drug-likeness (QED) is 0.521. The Labute approximate surface area is 182 Å².